The van der Waals surface area contributed by atoms with E-state index >= 15 is 0 Å². The Balaban J connectivity index is 1.91. The summed E-state index contributed by atoms with van der Waals surface area (Å²) in [4.78, 5) is 28.9. The van der Waals surface area contributed by atoms with Gasteiger partial charge in [0.25, 0.3) is 5.71 Å². The fraction of sp³-hybridized carbons (Fsp3) is 0.421. The number of rotatable bonds is 2. The Bertz CT molecular complexity index is 906. The van der Waals surface area contributed by atoms with Crippen LogP contribution in [0.3, 0.4) is 0 Å². The van der Waals surface area contributed by atoms with Crippen molar-refractivity contribution in [1.29, 1.82) is 0 Å². The number of amides is 1. The number of carboxylic acids is 1. The average Bonchev–Trinajstić information content (AvgIpc) is 2.60. The second-order valence-corrected chi connectivity index (χ2v) is 8.07. The van der Waals surface area contributed by atoms with Gasteiger partial charge in [0.05, 0.1) is 5.41 Å². The van der Waals surface area contributed by atoms with Gasteiger partial charge in [0.2, 0.25) is 0 Å². The zero-order valence-electron chi connectivity index (χ0n) is 14.9. The normalized spacial score (nSPS) is 41.2. The smallest absolute Gasteiger partial charge is 0.396 e. The summed E-state index contributed by atoms with van der Waals surface area (Å²) >= 11 is 0. The molecular weight excluding hydrogens is 332 g/mol. The molecule has 5 atom stereocenters. The molecule has 0 bridgehead atoms. The molecule has 5 N–H and O–H groups in total. The molecule has 0 saturated heterocycles. The zero-order chi connectivity index (χ0) is 19.1. The molecule has 26 heavy (non-hydrogen) atoms. The second kappa shape index (κ2) is 4.88. The summed E-state index contributed by atoms with van der Waals surface area (Å²) in [5.41, 5.74) is 7.18. The van der Waals surface area contributed by atoms with E-state index in [-0.39, 0.29) is 17.4 Å². The summed E-state index contributed by atoms with van der Waals surface area (Å²) in [7, 11) is 0. The van der Waals surface area contributed by atoms with Crippen LogP contribution in [0.2, 0.25) is 0 Å². The molecule has 2 saturated carbocycles. The van der Waals surface area contributed by atoms with Crippen molar-refractivity contribution >= 4 is 29.0 Å². The van der Waals surface area contributed by atoms with Crippen LogP contribution in [0.5, 0.6) is 0 Å². The predicted octanol–water partition coefficient (Wildman–Crippen LogP) is 1.64. The van der Waals surface area contributed by atoms with Crippen LogP contribution < -0.4 is 16.2 Å². The largest absolute Gasteiger partial charge is 0.476 e. The topological polar surface area (TPSA) is 119 Å². The number of nitrogens with zero attached hydrogens (tertiary/aromatic N) is 2. The first-order chi connectivity index (χ1) is 12.1. The van der Waals surface area contributed by atoms with E-state index in [0.29, 0.717) is 24.2 Å². The molecule has 5 unspecified atom stereocenters. The number of quaternary nitrogens is 1. The average molecular weight is 355 g/mol. The predicted molar refractivity (Wildman–Crippen MR) is 98.5 cm³/mol. The minimum atomic E-state index is -1.37. The minimum Gasteiger partial charge on any atom is -0.476 e. The van der Waals surface area contributed by atoms with E-state index in [1.54, 1.807) is 24.3 Å². The number of carbonyl (C=O) groups excluding carboxylic acids is 1. The van der Waals surface area contributed by atoms with Crippen molar-refractivity contribution in [1.82, 2.24) is 4.59 Å². The molecule has 4 rings (SSSR count). The van der Waals surface area contributed by atoms with Crippen LogP contribution in [0.25, 0.3) is 0 Å². The summed E-state index contributed by atoms with van der Waals surface area (Å²) in [5.74, 6) is 4.77. The molecular formula is C19H23N4O3+. The third kappa shape index (κ3) is 1.70. The Morgan fingerprint density at radius 1 is 1.42 bits per heavy atom. The minimum absolute atomic E-state index is 0.113. The molecule has 3 aliphatic rings. The van der Waals surface area contributed by atoms with E-state index in [9.17, 15) is 14.7 Å². The summed E-state index contributed by atoms with van der Waals surface area (Å²) in [5, 5.41) is 9.48. The van der Waals surface area contributed by atoms with Crippen molar-refractivity contribution in [3.05, 3.63) is 36.4 Å². The van der Waals surface area contributed by atoms with Crippen LogP contribution in [0.15, 0.2) is 41.4 Å². The highest BCUT2D eigenvalue weighted by Gasteiger charge is 2.77. The van der Waals surface area contributed by atoms with E-state index in [4.69, 9.17) is 11.6 Å². The molecule has 2 aliphatic carbocycles. The maximum absolute atomic E-state index is 13.2. The molecule has 1 aliphatic heterocycles. The van der Waals surface area contributed by atoms with Crippen molar-refractivity contribution in [3.63, 3.8) is 0 Å². The molecule has 7 nitrogen and oxygen atoms in total. The molecule has 136 valence electrons. The van der Waals surface area contributed by atoms with Gasteiger partial charge in [-0.25, -0.2) is 14.6 Å². The van der Waals surface area contributed by atoms with Gasteiger partial charge in [-0.2, -0.15) is 5.84 Å². The van der Waals surface area contributed by atoms with E-state index < -0.39 is 27.7 Å². The van der Waals surface area contributed by atoms with Crippen molar-refractivity contribution < 1.29 is 14.7 Å². The fourth-order valence-corrected chi connectivity index (χ4v) is 5.32. The first kappa shape index (κ1) is 17.1. The molecule has 1 aromatic carbocycles. The molecule has 0 radical (unpaired) electrons. The summed E-state index contributed by atoms with van der Waals surface area (Å²) in [6, 6.07) is 6.63. The number of benzene rings is 1. The number of hydrogen-bond donors (Lipinski definition) is 3. The van der Waals surface area contributed by atoms with Crippen LogP contribution in [0, 0.1) is 11.3 Å². The van der Waals surface area contributed by atoms with Gasteiger partial charge < -0.3 is 10.8 Å². The quantitative estimate of drug-likeness (QED) is 0.322. The molecule has 7 heteroatoms. The van der Waals surface area contributed by atoms with E-state index in [1.165, 1.54) is 0 Å². The number of para-hydroxylation sites is 2. The second-order valence-electron chi connectivity index (χ2n) is 8.07. The lowest BCUT2D eigenvalue weighted by molar-refractivity contribution is -0.167. The van der Waals surface area contributed by atoms with Crippen LogP contribution in [-0.4, -0.2) is 34.3 Å². The summed E-state index contributed by atoms with van der Waals surface area (Å²) < 4.78 is -0.592. The van der Waals surface area contributed by atoms with E-state index in [1.807, 2.05) is 6.92 Å². The first-order valence-corrected chi connectivity index (χ1v) is 8.67. The lowest BCUT2D eigenvalue weighted by Crippen LogP contribution is -2.87. The Morgan fingerprint density at radius 3 is 2.62 bits per heavy atom. The van der Waals surface area contributed by atoms with Crippen LogP contribution in [0.4, 0.5) is 11.4 Å². The maximum atomic E-state index is 13.2. The van der Waals surface area contributed by atoms with Gasteiger partial charge in [0, 0.05) is 18.0 Å². The van der Waals surface area contributed by atoms with Crippen molar-refractivity contribution in [2.75, 3.05) is 0 Å². The number of allylic oxidation sites excluding steroid dienone is 1. The fourth-order valence-electron chi connectivity index (χ4n) is 5.32. The number of aliphatic carboxylic acids is 1. The van der Waals surface area contributed by atoms with Gasteiger partial charge in [0.1, 0.15) is 11.7 Å². The van der Waals surface area contributed by atoms with Crippen molar-refractivity contribution in [2.45, 2.75) is 38.3 Å². The number of nitrogens with two attached hydrogens (primary N) is 2. The molecule has 1 spiro atoms. The van der Waals surface area contributed by atoms with Crippen LogP contribution >= 0.6 is 0 Å². The zero-order valence-corrected chi connectivity index (χ0v) is 14.9. The van der Waals surface area contributed by atoms with Gasteiger partial charge in [-0.15, -0.1) is 4.59 Å². The van der Waals surface area contributed by atoms with Crippen LogP contribution in [0.1, 0.15) is 26.7 Å². The summed E-state index contributed by atoms with van der Waals surface area (Å²) in [6.07, 6.45) is 1.21. The Hall–Kier alpha value is -2.35. The molecule has 1 heterocycles. The molecule has 1 amide bonds. The third-order valence-electron chi connectivity index (χ3n) is 6.93. The molecule has 0 aromatic heterocycles. The van der Waals surface area contributed by atoms with Gasteiger partial charge in [-0.1, -0.05) is 31.2 Å². The SMILES string of the molecule is C=C1CC2(C1C)C([N+]1(N)C(=O)C(C(=O)O)=Nc3ccccc31)CC2(C)N. The summed E-state index contributed by atoms with van der Waals surface area (Å²) in [6.45, 7) is 8.12. The van der Waals surface area contributed by atoms with Gasteiger partial charge >= 0.3 is 11.9 Å². The first-order valence-electron chi connectivity index (χ1n) is 8.67. The van der Waals surface area contributed by atoms with Crippen LogP contribution in [-0.2, 0) is 9.59 Å². The maximum Gasteiger partial charge on any atom is 0.396 e. The molecule has 2 fully saturated rings. The number of carbonyl (C=O) groups is 2. The van der Waals surface area contributed by atoms with Gasteiger partial charge in [-0.05, 0) is 25.3 Å². The standard InChI is InChI=1S/C19H22N4O3/c1-10-8-19(11(10)2)14(9-18(19,3)20)23(21)13-7-5-4-6-12(13)22-15(16(23)24)17(25)26/h4-7,11,14H,1,8-9,20-21H2,2-3H3/p+1. The Kier molecular flexibility index (Phi) is 3.21. The lowest BCUT2D eigenvalue weighted by Gasteiger charge is -2.71. The highest BCUT2D eigenvalue weighted by atomic mass is 16.4. The number of aliphatic imine (C=N–C) groups is 1. The number of hydrogen-bond acceptors (Lipinski definition) is 5. The van der Waals surface area contributed by atoms with E-state index in [2.05, 4.69) is 18.5 Å². The third-order valence-corrected chi connectivity index (χ3v) is 6.93. The van der Waals surface area contributed by atoms with Crippen molar-refractivity contribution in [2.24, 2.45) is 27.9 Å². The molecule has 1 aromatic rings. The van der Waals surface area contributed by atoms with E-state index in [0.717, 1.165) is 5.57 Å². The Labute approximate surface area is 151 Å². The highest BCUT2D eigenvalue weighted by Crippen LogP contribution is 2.68. The van der Waals surface area contributed by atoms with Gasteiger partial charge in [-0.3, -0.25) is 0 Å². The lowest BCUT2D eigenvalue weighted by atomic mass is 9.37. The Morgan fingerprint density at radius 2 is 2.08 bits per heavy atom. The number of carboxylic acid groups (broad SMARTS) is 1. The van der Waals surface area contributed by atoms with Gasteiger partial charge in [0.15, 0.2) is 5.69 Å². The van der Waals surface area contributed by atoms with Crippen molar-refractivity contribution in [3.8, 4) is 0 Å². The monoisotopic (exact) mass is 355 g/mol. The highest BCUT2D eigenvalue weighted by molar-refractivity contribution is 6.65. The number of fused-ring (bicyclic) bond motifs is 1.